The SMILES string of the molecule is OCCC(CO)(CO)C(CCCS)(CCCS)CCCS. The van der Waals surface area contributed by atoms with Gasteiger partial charge in [-0.3, -0.25) is 0 Å². The van der Waals surface area contributed by atoms with Crippen LogP contribution in [0.1, 0.15) is 44.9 Å². The van der Waals surface area contributed by atoms with E-state index in [0.29, 0.717) is 6.42 Å². The van der Waals surface area contributed by atoms with E-state index in [1.54, 1.807) is 0 Å². The number of hydrogen-bond acceptors (Lipinski definition) is 6. The van der Waals surface area contributed by atoms with E-state index < -0.39 is 5.41 Å². The highest BCUT2D eigenvalue weighted by Crippen LogP contribution is 2.52. The van der Waals surface area contributed by atoms with E-state index in [4.69, 9.17) is 0 Å². The Labute approximate surface area is 146 Å². The van der Waals surface area contributed by atoms with Gasteiger partial charge in [0, 0.05) is 12.0 Å². The van der Waals surface area contributed by atoms with E-state index in [0.717, 1.165) is 55.8 Å². The molecule has 0 aromatic rings. The van der Waals surface area contributed by atoms with Crippen LogP contribution < -0.4 is 0 Å². The van der Waals surface area contributed by atoms with Crippen molar-refractivity contribution in [2.75, 3.05) is 37.1 Å². The highest BCUT2D eigenvalue weighted by Gasteiger charge is 2.48. The van der Waals surface area contributed by atoms with Crippen LogP contribution in [0.25, 0.3) is 0 Å². The molecule has 0 aliphatic carbocycles. The van der Waals surface area contributed by atoms with E-state index in [1.165, 1.54) is 0 Å². The zero-order valence-corrected chi connectivity index (χ0v) is 15.6. The molecule has 6 heteroatoms. The maximum absolute atomic E-state index is 10.0. The van der Waals surface area contributed by atoms with Crippen LogP contribution >= 0.6 is 37.9 Å². The Kier molecular flexibility index (Phi) is 12.9. The highest BCUT2D eigenvalue weighted by molar-refractivity contribution is 7.80. The molecule has 0 amide bonds. The van der Waals surface area contributed by atoms with Crippen molar-refractivity contribution in [1.82, 2.24) is 0 Å². The lowest BCUT2D eigenvalue weighted by atomic mass is 9.56. The second-order valence-electron chi connectivity index (χ2n) is 5.83. The van der Waals surface area contributed by atoms with Gasteiger partial charge in [-0.25, -0.2) is 0 Å². The topological polar surface area (TPSA) is 60.7 Å². The lowest BCUT2D eigenvalue weighted by Gasteiger charge is -2.50. The van der Waals surface area contributed by atoms with Crippen LogP contribution in [0.2, 0.25) is 0 Å². The van der Waals surface area contributed by atoms with Gasteiger partial charge in [-0.2, -0.15) is 37.9 Å². The van der Waals surface area contributed by atoms with E-state index in [2.05, 4.69) is 37.9 Å². The van der Waals surface area contributed by atoms with E-state index in [1.807, 2.05) is 0 Å². The summed E-state index contributed by atoms with van der Waals surface area (Å²) in [5.74, 6) is 2.36. The Morgan fingerprint density at radius 1 is 0.571 bits per heavy atom. The molecule has 0 spiro atoms. The number of rotatable bonds is 14. The van der Waals surface area contributed by atoms with Gasteiger partial charge in [-0.1, -0.05) is 0 Å². The lowest BCUT2D eigenvalue weighted by molar-refractivity contribution is -0.0900. The molecule has 0 rings (SSSR count). The molecule has 0 fully saturated rings. The van der Waals surface area contributed by atoms with Gasteiger partial charge in [-0.15, -0.1) is 0 Å². The van der Waals surface area contributed by atoms with Crippen molar-refractivity contribution in [3.05, 3.63) is 0 Å². The number of thiol groups is 3. The minimum atomic E-state index is -0.642. The van der Waals surface area contributed by atoms with Crippen LogP contribution in [-0.4, -0.2) is 52.4 Å². The summed E-state index contributed by atoms with van der Waals surface area (Å²) in [5.41, 5.74) is -0.829. The fourth-order valence-electron chi connectivity index (χ4n) is 3.45. The van der Waals surface area contributed by atoms with Crippen molar-refractivity contribution in [3.8, 4) is 0 Å². The first-order valence-corrected chi connectivity index (χ1v) is 9.67. The Balaban J connectivity index is 5.50. The largest absolute Gasteiger partial charge is 0.396 e. The zero-order valence-electron chi connectivity index (χ0n) is 12.9. The van der Waals surface area contributed by atoms with Crippen molar-refractivity contribution in [2.45, 2.75) is 44.9 Å². The molecule has 3 N–H and O–H groups in total. The Morgan fingerprint density at radius 2 is 0.952 bits per heavy atom. The van der Waals surface area contributed by atoms with Gasteiger partial charge < -0.3 is 15.3 Å². The average Bonchev–Trinajstić information content (AvgIpc) is 2.52. The van der Waals surface area contributed by atoms with E-state index in [9.17, 15) is 15.3 Å². The Hall–Kier alpha value is 0.930. The Morgan fingerprint density at radius 3 is 1.19 bits per heavy atom. The summed E-state index contributed by atoms with van der Waals surface area (Å²) < 4.78 is 0. The summed E-state index contributed by atoms with van der Waals surface area (Å²) in [6.07, 6.45) is 5.95. The van der Waals surface area contributed by atoms with Crippen LogP contribution in [0.3, 0.4) is 0 Å². The third kappa shape index (κ3) is 6.15. The molecule has 0 aliphatic rings. The summed E-state index contributed by atoms with van der Waals surface area (Å²) in [6.45, 7) is -0.225. The van der Waals surface area contributed by atoms with Crippen molar-refractivity contribution < 1.29 is 15.3 Å². The number of hydrogen-bond donors (Lipinski definition) is 6. The Bertz CT molecular complexity index is 227. The van der Waals surface area contributed by atoms with E-state index in [-0.39, 0.29) is 25.2 Å². The second-order valence-corrected chi connectivity index (χ2v) is 7.17. The summed E-state index contributed by atoms with van der Waals surface area (Å²) >= 11 is 12.9. The summed E-state index contributed by atoms with van der Waals surface area (Å²) in [6, 6.07) is 0. The molecular formula is C15H32O3S3. The minimum Gasteiger partial charge on any atom is -0.396 e. The summed E-state index contributed by atoms with van der Waals surface area (Å²) in [7, 11) is 0. The molecule has 3 nitrogen and oxygen atoms in total. The maximum Gasteiger partial charge on any atom is 0.0515 e. The van der Waals surface area contributed by atoms with Gasteiger partial charge in [0.1, 0.15) is 0 Å². The molecule has 0 atom stereocenters. The van der Waals surface area contributed by atoms with Crippen molar-refractivity contribution in [1.29, 1.82) is 0 Å². The molecule has 0 saturated heterocycles. The molecule has 0 aromatic carbocycles. The van der Waals surface area contributed by atoms with E-state index >= 15 is 0 Å². The third-order valence-electron chi connectivity index (χ3n) is 4.76. The van der Waals surface area contributed by atoms with Gasteiger partial charge >= 0.3 is 0 Å². The molecule has 0 heterocycles. The second kappa shape index (κ2) is 12.4. The first-order valence-electron chi connectivity index (χ1n) is 7.77. The standard InChI is InChI=1S/C15H32O3S3/c16-8-7-15(12-17,13-18)14(4-1-9-19,5-2-10-20)6-3-11-21/h16-21H,1-13H2. The summed E-state index contributed by atoms with van der Waals surface area (Å²) in [4.78, 5) is 0. The number of aliphatic hydroxyl groups excluding tert-OH is 3. The molecule has 0 aliphatic heterocycles. The van der Waals surface area contributed by atoms with Gasteiger partial charge in [-0.05, 0) is 67.6 Å². The average molecular weight is 357 g/mol. The molecule has 21 heavy (non-hydrogen) atoms. The van der Waals surface area contributed by atoms with Crippen LogP contribution in [0.5, 0.6) is 0 Å². The fourth-order valence-corrected chi connectivity index (χ4v) is 3.92. The lowest BCUT2D eigenvalue weighted by Crippen LogP contribution is -2.48. The van der Waals surface area contributed by atoms with Crippen molar-refractivity contribution in [3.63, 3.8) is 0 Å². The van der Waals surface area contributed by atoms with Gasteiger partial charge in [0.15, 0.2) is 0 Å². The predicted octanol–water partition coefficient (Wildman–Crippen LogP) is 2.46. The molecule has 0 aromatic heterocycles. The quantitative estimate of drug-likeness (QED) is 0.271. The molecular weight excluding hydrogens is 324 g/mol. The monoisotopic (exact) mass is 356 g/mol. The molecule has 0 saturated carbocycles. The van der Waals surface area contributed by atoms with Crippen LogP contribution in [0.4, 0.5) is 0 Å². The van der Waals surface area contributed by atoms with Crippen LogP contribution in [0, 0.1) is 10.8 Å². The fraction of sp³-hybridized carbons (Fsp3) is 1.00. The first kappa shape index (κ1) is 21.9. The number of aliphatic hydroxyl groups is 3. The summed E-state index contributed by atoms with van der Waals surface area (Å²) in [5, 5.41) is 29.5. The maximum atomic E-state index is 10.0. The van der Waals surface area contributed by atoms with Gasteiger partial charge in [0.2, 0.25) is 0 Å². The van der Waals surface area contributed by atoms with Crippen molar-refractivity contribution >= 4 is 37.9 Å². The normalized spacial score (nSPS) is 12.9. The van der Waals surface area contributed by atoms with Crippen LogP contribution in [-0.2, 0) is 0 Å². The molecule has 128 valence electrons. The molecule has 0 radical (unpaired) electrons. The third-order valence-corrected chi connectivity index (χ3v) is 5.71. The first-order chi connectivity index (χ1) is 10.1. The zero-order chi connectivity index (χ0) is 16.2. The van der Waals surface area contributed by atoms with Gasteiger partial charge in [0.05, 0.1) is 13.2 Å². The van der Waals surface area contributed by atoms with Crippen LogP contribution in [0.15, 0.2) is 0 Å². The highest BCUT2D eigenvalue weighted by atomic mass is 32.1. The molecule has 0 unspecified atom stereocenters. The van der Waals surface area contributed by atoms with Gasteiger partial charge in [0.25, 0.3) is 0 Å². The minimum absolute atomic E-state index is 0.0223. The van der Waals surface area contributed by atoms with Crippen molar-refractivity contribution in [2.24, 2.45) is 10.8 Å². The predicted molar refractivity (Wildman–Crippen MR) is 100 cm³/mol. The molecule has 0 bridgehead atoms. The smallest absolute Gasteiger partial charge is 0.0515 e.